The zero-order valence-electron chi connectivity index (χ0n) is 7.64. The van der Waals surface area contributed by atoms with Crippen molar-refractivity contribution in [1.29, 1.82) is 0 Å². The van der Waals surface area contributed by atoms with Gasteiger partial charge in [-0.3, -0.25) is 14.8 Å². The number of thiophene rings is 1. The molecule has 2 heterocycles. The molecule has 0 atom stereocenters. The van der Waals surface area contributed by atoms with E-state index < -0.39 is 23.8 Å². The minimum atomic E-state index is -4.33. The lowest BCUT2D eigenvalue weighted by molar-refractivity contribution is -0.126. The molecule has 0 aliphatic heterocycles. The summed E-state index contributed by atoms with van der Waals surface area (Å²) >= 11 is 0.757. The standard InChI is InChI=1S/C8H5F3N2O2S/c9-8(10,11)2-3-1-4-5(14)12-7(15)13-6(4)16-3/h1H,2H2,(H2,12,13,14,15). The van der Waals surface area contributed by atoms with E-state index in [0.717, 1.165) is 17.4 Å². The monoisotopic (exact) mass is 250 g/mol. The summed E-state index contributed by atoms with van der Waals surface area (Å²) in [5.41, 5.74) is -1.40. The fourth-order valence-electron chi connectivity index (χ4n) is 1.29. The molecule has 0 saturated heterocycles. The Morgan fingerprint density at radius 2 is 1.94 bits per heavy atom. The number of alkyl halides is 3. The zero-order valence-corrected chi connectivity index (χ0v) is 8.46. The van der Waals surface area contributed by atoms with E-state index in [0.29, 0.717) is 0 Å². The number of H-pyrrole nitrogens is 2. The first-order chi connectivity index (χ1) is 7.35. The van der Waals surface area contributed by atoms with Crippen LogP contribution in [0.4, 0.5) is 13.2 Å². The predicted molar refractivity (Wildman–Crippen MR) is 52.8 cm³/mol. The fraction of sp³-hybridized carbons (Fsp3) is 0.250. The maximum absolute atomic E-state index is 12.1. The molecule has 8 heteroatoms. The Morgan fingerprint density at radius 1 is 1.25 bits per heavy atom. The van der Waals surface area contributed by atoms with Gasteiger partial charge in [-0.05, 0) is 6.07 Å². The lowest BCUT2D eigenvalue weighted by Gasteiger charge is -2.01. The second-order valence-corrected chi connectivity index (χ2v) is 4.29. The highest BCUT2D eigenvalue weighted by atomic mass is 32.1. The van der Waals surface area contributed by atoms with Crippen molar-refractivity contribution in [2.24, 2.45) is 0 Å². The van der Waals surface area contributed by atoms with Crippen LogP contribution in [0, 0.1) is 0 Å². The van der Waals surface area contributed by atoms with Crippen LogP contribution in [0.1, 0.15) is 4.88 Å². The van der Waals surface area contributed by atoms with Crippen LogP contribution in [0.15, 0.2) is 15.7 Å². The van der Waals surface area contributed by atoms with Crippen LogP contribution in [0.25, 0.3) is 10.2 Å². The fourth-order valence-corrected chi connectivity index (χ4v) is 2.37. The molecular formula is C8H5F3N2O2S. The van der Waals surface area contributed by atoms with Crippen LogP contribution in [-0.4, -0.2) is 16.1 Å². The van der Waals surface area contributed by atoms with Crippen LogP contribution >= 0.6 is 11.3 Å². The lowest BCUT2D eigenvalue weighted by atomic mass is 10.3. The van der Waals surface area contributed by atoms with Crippen LogP contribution in [0.2, 0.25) is 0 Å². The van der Waals surface area contributed by atoms with E-state index in [4.69, 9.17) is 0 Å². The third-order valence-electron chi connectivity index (χ3n) is 1.86. The minimum Gasteiger partial charge on any atom is -0.298 e. The van der Waals surface area contributed by atoms with Gasteiger partial charge in [-0.25, -0.2) is 4.79 Å². The molecule has 0 spiro atoms. The first kappa shape index (κ1) is 10.9. The van der Waals surface area contributed by atoms with Crippen molar-refractivity contribution < 1.29 is 13.2 Å². The summed E-state index contributed by atoms with van der Waals surface area (Å²) in [7, 11) is 0. The molecule has 0 aliphatic carbocycles. The van der Waals surface area contributed by atoms with Gasteiger partial charge in [0.1, 0.15) is 4.83 Å². The molecule has 0 aromatic carbocycles. The van der Waals surface area contributed by atoms with Gasteiger partial charge < -0.3 is 0 Å². The number of aromatic amines is 2. The van der Waals surface area contributed by atoms with E-state index >= 15 is 0 Å². The van der Waals surface area contributed by atoms with Crippen LogP contribution in [0.3, 0.4) is 0 Å². The summed E-state index contributed by atoms with van der Waals surface area (Å²) in [6, 6.07) is 1.14. The molecule has 0 amide bonds. The van der Waals surface area contributed by atoms with Crippen LogP contribution in [-0.2, 0) is 6.42 Å². The number of rotatable bonds is 1. The number of aromatic nitrogens is 2. The molecule has 2 rings (SSSR count). The molecule has 2 N–H and O–H groups in total. The zero-order chi connectivity index (χ0) is 11.9. The summed E-state index contributed by atoms with van der Waals surface area (Å²) in [6.07, 6.45) is -5.43. The minimum absolute atomic E-state index is 0.00477. The number of nitrogens with one attached hydrogen (secondary N) is 2. The van der Waals surface area contributed by atoms with Crippen molar-refractivity contribution in [2.45, 2.75) is 12.6 Å². The Labute approximate surface area is 89.7 Å². The average Bonchev–Trinajstić information content (AvgIpc) is 2.43. The SMILES string of the molecule is O=c1[nH]c(=O)c2cc(CC(F)(F)F)sc2[nH]1. The molecule has 0 bridgehead atoms. The predicted octanol–water partition coefficient (Wildman–Crippen LogP) is 1.38. The van der Waals surface area contributed by atoms with E-state index in [1.807, 2.05) is 4.98 Å². The normalized spacial score (nSPS) is 12.2. The first-order valence-corrected chi connectivity index (χ1v) is 4.98. The highest BCUT2D eigenvalue weighted by Gasteiger charge is 2.28. The van der Waals surface area contributed by atoms with Crippen molar-refractivity contribution in [3.05, 3.63) is 31.8 Å². The molecule has 4 nitrogen and oxygen atoms in total. The van der Waals surface area contributed by atoms with Crippen LogP contribution < -0.4 is 11.2 Å². The molecule has 0 aliphatic rings. The summed E-state index contributed by atoms with van der Waals surface area (Å²) in [4.78, 5) is 26.5. The Balaban J connectivity index is 2.57. The van der Waals surface area contributed by atoms with Gasteiger partial charge in [0, 0.05) is 4.88 Å². The van der Waals surface area contributed by atoms with Crippen molar-refractivity contribution >= 4 is 21.6 Å². The van der Waals surface area contributed by atoms with Gasteiger partial charge in [0.05, 0.1) is 11.8 Å². The molecule has 86 valence electrons. The quantitative estimate of drug-likeness (QED) is 0.803. The van der Waals surface area contributed by atoms with Gasteiger partial charge in [0.25, 0.3) is 5.56 Å². The lowest BCUT2D eigenvalue weighted by Crippen LogP contribution is -2.20. The van der Waals surface area contributed by atoms with Gasteiger partial charge >= 0.3 is 11.9 Å². The largest absolute Gasteiger partial charge is 0.393 e. The van der Waals surface area contributed by atoms with Gasteiger partial charge in [-0.15, -0.1) is 11.3 Å². The van der Waals surface area contributed by atoms with Gasteiger partial charge in [0.15, 0.2) is 0 Å². The smallest absolute Gasteiger partial charge is 0.298 e. The van der Waals surface area contributed by atoms with E-state index in [9.17, 15) is 22.8 Å². The number of hydrogen-bond donors (Lipinski definition) is 2. The third-order valence-corrected chi connectivity index (χ3v) is 2.91. The van der Waals surface area contributed by atoms with E-state index in [-0.39, 0.29) is 15.1 Å². The third kappa shape index (κ3) is 2.16. The van der Waals surface area contributed by atoms with Crippen molar-refractivity contribution in [1.82, 2.24) is 9.97 Å². The van der Waals surface area contributed by atoms with Gasteiger partial charge in [-0.2, -0.15) is 13.2 Å². The molecule has 2 aromatic rings. The maximum atomic E-state index is 12.1. The van der Waals surface area contributed by atoms with E-state index in [1.54, 1.807) is 0 Å². The summed E-state index contributed by atoms with van der Waals surface area (Å²) in [5, 5.41) is 0.0730. The van der Waals surface area contributed by atoms with Crippen molar-refractivity contribution in [3.63, 3.8) is 0 Å². The van der Waals surface area contributed by atoms with E-state index in [2.05, 4.69) is 4.98 Å². The Kier molecular flexibility index (Phi) is 2.38. The van der Waals surface area contributed by atoms with Gasteiger partial charge in [0.2, 0.25) is 0 Å². The highest BCUT2D eigenvalue weighted by molar-refractivity contribution is 7.18. The Hall–Kier alpha value is -1.57. The molecule has 0 radical (unpaired) electrons. The number of fused-ring (bicyclic) bond motifs is 1. The molecule has 16 heavy (non-hydrogen) atoms. The average molecular weight is 250 g/mol. The molecule has 0 fully saturated rings. The topological polar surface area (TPSA) is 65.7 Å². The molecule has 0 saturated carbocycles. The Morgan fingerprint density at radius 3 is 2.56 bits per heavy atom. The number of hydrogen-bond acceptors (Lipinski definition) is 3. The first-order valence-electron chi connectivity index (χ1n) is 4.17. The highest BCUT2D eigenvalue weighted by Crippen LogP contribution is 2.27. The summed E-state index contributed by atoms with van der Waals surface area (Å²) in [5.74, 6) is 0. The summed E-state index contributed by atoms with van der Waals surface area (Å²) < 4.78 is 36.3. The number of halogens is 3. The molecule has 0 unspecified atom stereocenters. The van der Waals surface area contributed by atoms with Crippen molar-refractivity contribution in [3.8, 4) is 0 Å². The summed E-state index contributed by atoms with van der Waals surface area (Å²) in [6.45, 7) is 0. The Bertz CT molecular complexity index is 637. The molecule has 2 aromatic heterocycles. The van der Waals surface area contributed by atoms with Gasteiger partial charge in [-0.1, -0.05) is 0 Å². The maximum Gasteiger partial charge on any atom is 0.393 e. The molecular weight excluding hydrogens is 245 g/mol. The van der Waals surface area contributed by atoms with Crippen LogP contribution in [0.5, 0.6) is 0 Å². The van der Waals surface area contributed by atoms with Crippen molar-refractivity contribution in [2.75, 3.05) is 0 Å². The second-order valence-electron chi connectivity index (χ2n) is 3.16. The van der Waals surface area contributed by atoms with E-state index in [1.165, 1.54) is 0 Å². The second kappa shape index (κ2) is 3.48.